The zero-order valence-electron chi connectivity index (χ0n) is 13.7. The van der Waals surface area contributed by atoms with Crippen molar-refractivity contribution < 1.29 is 18.3 Å². The van der Waals surface area contributed by atoms with Crippen LogP contribution in [0, 0.1) is 11.6 Å². The number of pyridine rings is 1. The van der Waals surface area contributed by atoms with Crippen LogP contribution < -0.4 is 4.74 Å². The lowest BCUT2D eigenvalue weighted by molar-refractivity contribution is -0.135. The minimum absolute atomic E-state index is 0.122. The highest BCUT2D eigenvalue weighted by molar-refractivity contribution is 5.77. The molecular weight excluding hydrogens is 328 g/mol. The summed E-state index contributed by atoms with van der Waals surface area (Å²) in [6, 6.07) is 8.82. The number of hydrogen-bond donors (Lipinski definition) is 0. The molecule has 1 aliphatic rings. The van der Waals surface area contributed by atoms with Crippen LogP contribution >= 0.6 is 0 Å². The number of benzene rings is 1. The third-order valence-corrected chi connectivity index (χ3v) is 4.08. The number of halogens is 2. The van der Waals surface area contributed by atoms with Gasteiger partial charge in [0.2, 0.25) is 0 Å². The van der Waals surface area contributed by atoms with Gasteiger partial charge in [-0.3, -0.25) is 14.7 Å². The van der Waals surface area contributed by atoms with E-state index in [2.05, 4.69) is 9.88 Å². The van der Waals surface area contributed by atoms with Gasteiger partial charge in [-0.25, -0.2) is 8.78 Å². The molecular formula is C18H19F2N3O2. The van der Waals surface area contributed by atoms with Crippen LogP contribution in [0.25, 0.3) is 0 Å². The standard InChI is InChI=1S/C18H19F2N3O2/c19-14-4-5-17(16(20)11-14)25-13-18(24)23-9-7-22(8-10-23)12-15-3-1-2-6-21-15/h1-6,11H,7-10,12-13H2. The van der Waals surface area contributed by atoms with Crippen molar-refractivity contribution in [3.05, 3.63) is 59.9 Å². The second-order valence-electron chi connectivity index (χ2n) is 5.84. The fraction of sp³-hybridized carbons (Fsp3) is 0.333. The van der Waals surface area contributed by atoms with Crippen molar-refractivity contribution >= 4 is 5.91 Å². The van der Waals surface area contributed by atoms with Gasteiger partial charge in [-0.15, -0.1) is 0 Å². The van der Waals surface area contributed by atoms with Crippen molar-refractivity contribution in [3.63, 3.8) is 0 Å². The largest absolute Gasteiger partial charge is 0.481 e. The summed E-state index contributed by atoms with van der Waals surface area (Å²) in [5, 5.41) is 0. The first-order valence-corrected chi connectivity index (χ1v) is 8.10. The maximum Gasteiger partial charge on any atom is 0.260 e. The molecule has 132 valence electrons. The maximum atomic E-state index is 13.5. The van der Waals surface area contributed by atoms with E-state index >= 15 is 0 Å². The van der Waals surface area contributed by atoms with E-state index in [1.54, 1.807) is 11.1 Å². The van der Waals surface area contributed by atoms with E-state index in [-0.39, 0.29) is 18.3 Å². The van der Waals surface area contributed by atoms with Crippen molar-refractivity contribution in [3.8, 4) is 5.75 Å². The second kappa shape index (κ2) is 8.02. The molecule has 3 rings (SSSR count). The molecule has 0 radical (unpaired) electrons. The topological polar surface area (TPSA) is 45.7 Å². The number of ether oxygens (including phenoxy) is 1. The Labute approximate surface area is 144 Å². The number of rotatable bonds is 5. The summed E-state index contributed by atoms with van der Waals surface area (Å²) < 4.78 is 31.5. The molecule has 7 heteroatoms. The predicted molar refractivity (Wildman–Crippen MR) is 87.9 cm³/mol. The first-order chi connectivity index (χ1) is 12.1. The van der Waals surface area contributed by atoms with Crippen molar-refractivity contribution in [2.75, 3.05) is 32.8 Å². The molecule has 1 amide bonds. The van der Waals surface area contributed by atoms with Crippen LogP contribution in [0.1, 0.15) is 5.69 Å². The molecule has 0 saturated carbocycles. The third-order valence-electron chi connectivity index (χ3n) is 4.08. The molecule has 1 aromatic carbocycles. The van der Waals surface area contributed by atoms with Crippen molar-refractivity contribution in [2.45, 2.75) is 6.54 Å². The van der Waals surface area contributed by atoms with Crippen molar-refractivity contribution in [1.82, 2.24) is 14.8 Å². The van der Waals surface area contributed by atoms with E-state index in [0.29, 0.717) is 13.1 Å². The molecule has 0 N–H and O–H groups in total. The van der Waals surface area contributed by atoms with Crippen molar-refractivity contribution in [1.29, 1.82) is 0 Å². The maximum absolute atomic E-state index is 13.5. The Morgan fingerprint density at radius 2 is 1.92 bits per heavy atom. The molecule has 1 aliphatic heterocycles. The molecule has 1 fully saturated rings. The van der Waals surface area contributed by atoms with E-state index in [0.717, 1.165) is 37.5 Å². The minimum Gasteiger partial charge on any atom is -0.481 e. The highest BCUT2D eigenvalue weighted by Gasteiger charge is 2.22. The smallest absolute Gasteiger partial charge is 0.260 e. The first kappa shape index (κ1) is 17.3. The summed E-state index contributed by atoms with van der Waals surface area (Å²) in [5.74, 6) is -1.82. The minimum atomic E-state index is -0.812. The zero-order valence-corrected chi connectivity index (χ0v) is 13.7. The summed E-state index contributed by atoms with van der Waals surface area (Å²) in [7, 11) is 0. The fourth-order valence-electron chi connectivity index (χ4n) is 2.70. The van der Waals surface area contributed by atoms with E-state index in [1.165, 1.54) is 6.07 Å². The second-order valence-corrected chi connectivity index (χ2v) is 5.84. The lowest BCUT2D eigenvalue weighted by Crippen LogP contribution is -2.49. The first-order valence-electron chi connectivity index (χ1n) is 8.10. The van der Waals surface area contributed by atoms with Crippen LogP contribution in [0.5, 0.6) is 5.75 Å². The monoisotopic (exact) mass is 347 g/mol. The lowest BCUT2D eigenvalue weighted by Gasteiger charge is -2.34. The predicted octanol–water partition coefficient (Wildman–Crippen LogP) is 2.08. The molecule has 5 nitrogen and oxygen atoms in total. The Bertz CT molecular complexity index is 720. The molecule has 1 aromatic heterocycles. The molecule has 2 heterocycles. The molecule has 0 spiro atoms. The van der Waals surface area contributed by atoms with Gasteiger partial charge in [0.05, 0.1) is 5.69 Å². The highest BCUT2D eigenvalue weighted by atomic mass is 19.1. The molecule has 0 unspecified atom stereocenters. The highest BCUT2D eigenvalue weighted by Crippen LogP contribution is 2.17. The number of piperazine rings is 1. The fourth-order valence-corrected chi connectivity index (χ4v) is 2.70. The Kier molecular flexibility index (Phi) is 5.55. The molecule has 0 bridgehead atoms. The molecule has 25 heavy (non-hydrogen) atoms. The number of aromatic nitrogens is 1. The van der Waals surface area contributed by atoms with E-state index < -0.39 is 11.6 Å². The van der Waals surface area contributed by atoms with Gasteiger partial charge in [-0.1, -0.05) is 6.07 Å². The molecule has 1 saturated heterocycles. The summed E-state index contributed by atoms with van der Waals surface area (Å²) >= 11 is 0. The van der Waals surface area contributed by atoms with E-state index in [4.69, 9.17) is 4.74 Å². The van der Waals surface area contributed by atoms with Crippen LogP contribution in [-0.4, -0.2) is 53.5 Å². The van der Waals surface area contributed by atoms with Crippen LogP contribution in [0.2, 0.25) is 0 Å². The van der Waals surface area contributed by atoms with Crippen LogP contribution in [-0.2, 0) is 11.3 Å². The number of hydrogen-bond acceptors (Lipinski definition) is 4. The Balaban J connectivity index is 1.45. The number of amides is 1. The summed E-state index contributed by atoms with van der Waals surface area (Å²) in [6.45, 7) is 3.14. The van der Waals surface area contributed by atoms with Crippen LogP contribution in [0.15, 0.2) is 42.6 Å². The Morgan fingerprint density at radius 1 is 1.12 bits per heavy atom. The van der Waals surface area contributed by atoms with E-state index in [1.807, 2.05) is 18.2 Å². The third kappa shape index (κ3) is 4.73. The average Bonchev–Trinajstić information content (AvgIpc) is 2.62. The van der Waals surface area contributed by atoms with Gasteiger partial charge in [-0.05, 0) is 24.3 Å². The lowest BCUT2D eigenvalue weighted by atomic mass is 10.2. The number of carbonyl (C=O) groups is 1. The number of nitrogens with zero attached hydrogens (tertiary/aromatic N) is 3. The van der Waals surface area contributed by atoms with Gasteiger partial charge in [-0.2, -0.15) is 0 Å². The van der Waals surface area contributed by atoms with E-state index in [9.17, 15) is 13.6 Å². The molecule has 0 atom stereocenters. The summed E-state index contributed by atoms with van der Waals surface area (Å²) in [6.07, 6.45) is 1.76. The van der Waals surface area contributed by atoms with Crippen molar-refractivity contribution in [2.24, 2.45) is 0 Å². The average molecular weight is 347 g/mol. The normalized spacial score (nSPS) is 15.2. The Hall–Kier alpha value is -2.54. The summed E-state index contributed by atoms with van der Waals surface area (Å²) in [5.41, 5.74) is 0.998. The van der Waals surface area contributed by atoms with Crippen LogP contribution in [0.4, 0.5) is 8.78 Å². The van der Waals surface area contributed by atoms with Gasteiger partial charge in [0.1, 0.15) is 5.82 Å². The Morgan fingerprint density at radius 3 is 2.60 bits per heavy atom. The number of carbonyl (C=O) groups excluding carboxylic acids is 1. The SMILES string of the molecule is O=C(COc1ccc(F)cc1F)N1CCN(Cc2ccccn2)CC1. The quantitative estimate of drug-likeness (QED) is 0.831. The molecule has 0 aliphatic carbocycles. The summed E-state index contributed by atoms with van der Waals surface area (Å²) in [4.78, 5) is 20.4. The van der Waals surface area contributed by atoms with Gasteiger partial charge >= 0.3 is 0 Å². The van der Waals surface area contributed by atoms with Gasteiger partial charge in [0, 0.05) is 45.0 Å². The van der Waals surface area contributed by atoms with Gasteiger partial charge < -0.3 is 9.64 Å². The zero-order chi connectivity index (χ0) is 17.6. The van der Waals surface area contributed by atoms with Gasteiger partial charge in [0.25, 0.3) is 5.91 Å². The molecule has 2 aromatic rings. The van der Waals surface area contributed by atoms with Crippen LogP contribution in [0.3, 0.4) is 0 Å². The van der Waals surface area contributed by atoms with Gasteiger partial charge in [0.15, 0.2) is 18.2 Å².